The van der Waals surface area contributed by atoms with E-state index in [1.807, 2.05) is 6.92 Å². The molecule has 0 fully saturated rings. The molecule has 0 aromatic carbocycles. The number of nitrogens with zero attached hydrogens (tertiary/aromatic N) is 3. The van der Waals surface area contributed by atoms with Crippen molar-refractivity contribution in [1.29, 1.82) is 0 Å². The van der Waals surface area contributed by atoms with Gasteiger partial charge in [0.05, 0.1) is 17.2 Å². The fraction of sp³-hybridized carbons (Fsp3) is 0.462. The zero-order chi connectivity index (χ0) is 14.4. The lowest BCUT2D eigenvalue weighted by atomic mass is 10.4. The summed E-state index contributed by atoms with van der Waals surface area (Å²) in [6.45, 7) is 2.54. The molecule has 108 valence electrons. The fourth-order valence-electron chi connectivity index (χ4n) is 1.70. The van der Waals surface area contributed by atoms with E-state index in [4.69, 9.17) is 0 Å². The predicted molar refractivity (Wildman–Crippen MR) is 82.7 cm³/mol. The lowest BCUT2D eigenvalue weighted by Gasteiger charge is -2.15. The van der Waals surface area contributed by atoms with Crippen molar-refractivity contribution in [1.82, 2.24) is 19.9 Å². The maximum atomic E-state index is 11.9. The first-order valence-electron chi connectivity index (χ1n) is 6.36. The second-order valence-corrected chi connectivity index (χ2v) is 6.61. The molecule has 0 unspecified atom stereocenters. The van der Waals surface area contributed by atoms with E-state index in [0.29, 0.717) is 13.0 Å². The minimum absolute atomic E-state index is 0.142. The average Bonchev–Trinajstić information content (AvgIpc) is 3.06. The zero-order valence-corrected chi connectivity index (χ0v) is 13.3. The number of nitrogens with one attached hydrogen (secondary N) is 1. The van der Waals surface area contributed by atoms with E-state index in [1.54, 1.807) is 47.4 Å². The number of hydrogen-bond acceptors (Lipinski definition) is 5. The molecule has 2 heterocycles. The number of imidazole rings is 1. The van der Waals surface area contributed by atoms with Crippen molar-refractivity contribution in [3.8, 4) is 0 Å². The summed E-state index contributed by atoms with van der Waals surface area (Å²) < 4.78 is 0. The quantitative estimate of drug-likeness (QED) is 0.798. The average molecular weight is 310 g/mol. The summed E-state index contributed by atoms with van der Waals surface area (Å²) in [6.07, 6.45) is 4.00. The number of carbonyl (C=O) groups is 1. The van der Waals surface area contributed by atoms with Gasteiger partial charge in [-0.3, -0.25) is 4.79 Å². The van der Waals surface area contributed by atoms with Crippen LogP contribution in [0.25, 0.3) is 0 Å². The molecule has 7 heteroatoms. The van der Waals surface area contributed by atoms with Crippen molar-refractivity contribution in [2.75, 3.05) is 12.8 Å². The first-order valence-corrected chi connectivity index (χ1v) is 8.39. The van der Waals surface area contributed by atoms with Gasteiger partial charge in [0.2, 0.25) is 5.91 Å². The van der Waals surface area contributed by atoms with Crippen LogP contribution in [0.2, 0.25) is 0 Å². The molecular weight excluding hydrogens is 292 g/mol. The molecular formula is C13H18N4OS2. The molecule has 0 aliphatic carbocycles. The van der Waals surface area contributed by atoms with Crippen LogP contribution < -0.4 is 0 Å². The van der Waals surface area contributed by atoms with Crippen LogP contribution in [0.15, 0.2) is 17.8 Å². The minimum Gasteiger partial charge on any atom is -0.347 e. The summed E-state index contributed by atoms with van der Waals surface area (Å²) in [5.41, 5.74) is 1.11. The minimum atomic E-state index is 0.142. The number of thiazole rings is 1. The Bertz CT molecular complexity index is 538. The number of H-pyrrole nitrogens is 1. The topological polar surface area (TPSA) is 61.9 Å². The van der Waals surface area contributed by atoms with Crippen molar-refractivity contribution >= 4 is 29.0 Å². The Balaban J connectivity index is 1.64. The molecule has 0 atom stereocenters. The molecule has 0 saturated carbocycles. The highest BCUT2D eigenvalue weighted by Crippen LogP contribution is 2.16. The number of aryl methyl sites for hydroxylation is 1. The molecule has 0 aliphatic rings. The summed E-state index contributed by atoms with van der Waals surface area (Å²) in [5, 5.41) is 3.17. The predicted octanol–water partition coefficient (Wildman–Crippen LogP) is 2.46. The molecule has 0 radical (unpaired) electrons. The van der Waals surface area contributed by atoms with Gasteiger partial charge < -0.3 is 9.88 Å². The van der Waals surface area contributed by atoms with Crippen LogP contribution in [0.4, 0.5) is 0 Å². The molecule has 1 amide bonds. The van der Waals surface area contributed by atoms with Crippen LogP contribution in [0.1, 0.15) is 22.9 Å². The molecule has 20 heavy (non-hydrogen) atoms. The zero-order valence-electron chi connectivity index (χ0n) is 11.6. The first kappa shape index (κ1) is 15.1. The summed E-state index contributed by atoms with van der Waals surface area (Å²) >= 11 is 3.41. The summed E-state index contributed by atoms with van der Waals surface area (Å²) in [6, 6.07) is 0. The number of carbonyl (C=O) groups excluding carboxylic acids is 1. The Labute approximate surface area is 126 Å². The van der Waals surface area contributed by atoms with E-state index in [9.17, 15) is 4.79 Å². The maximum Gasteiger partial charge on any atom is 0.223 e. The lowest BCUT2D eigenvalue weighted by Crippen LogP contribution is -2.26. The fourth-order valence-corrected chi connectivity index (χ4v) is 3.24. The van der Waals surface area contributed by atoms with E-state index in [0.717, 1.165) is 28.0 Å². The van der Waals surface area contributed by atoms with Gasteiger partial charge in [-0.25, -0.2) is 9.97 Å². The Kier molecular flexibility index (Phi) is 5.60. The van der Waals surface area contributed by atoms with Gasteiger partial charge in [-0.2, -0.15) is 11.8 Å². The maximum absolute atomic E-state index is 11.9. The van der Waals surface area contributed by atoms with Crippen LogP contribution in [0.3, 0.4) is 0 Å². The second kappa shape index (κ2) is 7.44. The monoisotopic (exact) mass is 310 g/mol. The Morgan fingerprint density at radius 2 is 2.40 bits per heavy atom. The van der Waals surface area contributed by atoms with Gasteiger partial charge >= 0.3 is 0 Å². The Morgan fingerprint density at radius 1 is 1.55 bits per heavy atom. The number of hydrogen-bond donors (Lipinski definition) is 1. The number of aromatic amines is 1. The van der Waals surface area contributed by atoms with Crippen molar-refractivity contribution in [3.05, 3.63) is 34.3 Å². The van der Waals surface area contributed by atoms with Crippen molar-refractivity contribution in [2.24, 2.45) is 0 Å². The van der Waals surface area contributed by atoms with Gasteiger partial charge in [0.1, 0.15) is 5.82 Å². The molecule has 1 N–H and O–H groups in total. The van der Waals surface area contributed by atoms with Gasteiger partial charge in [-0.1, -0.05) is 0 Å². The lowest BCUT2D eigenvalue weighted by molar-refractivity contribution is -0.130. The van der Waals surface area contributed by atoms with Crippen LogP contribution in [0.5, 0.6) is 0 Å². The number of rotatable bonds is 7. The Morgan fingerprint density at radius 3 is 3.05 bits per heavy atom. The van der Waals surface area contributed by atoms with Gasteiger partial charge in [-0.05, 0) is 6.92 Å². The van der Waals surface area contributed by atoms with Gasteiger partial charge in [0, 0.05) is 42.7 Å². The van der Waals surface area contributed by atoms with Gasteiger partial charge in [0.25, 0.3) is 0 Å². The summed E-state index contributed by atoms with van der Waals surface area (Å²) in [4.78, 5) is 25.2. The summed E-state index contributed by atoms with van der Waals surface area (Å²) in [5.74, 6) is 2.65. The number of thioether (sulfide) groups is 1. The molecule has 0 aliphatic heterocycles. The SMILES string of the molecule is Cc1nc(CSCCC(=O)N(C)Cc2ncc[nH]2)cs1. The van der Waals surface area contributed by atoms with Crippen LogP contribution in [-0.4, -0.2) is 38.6 Å². The van der Waals surface area contributed by atoms with Crippen LogP contribution in [0, 0.1) is 6.92 Å². The normalized spacial score (nSPS) is 10.7. The molecule has 2 rings (SSSR count). The smallest absolute Gasteiger partial charge is 0.223 e. The highest BCUT2D eigenvalue weighted by Gasteiger charge is 2.10. The highest BCUT2D eigenvalue weighted by atomic mass is 32.2. The van der Waals surface area contributed by atoms with Crippen LogP contribution >= 0.6 is 23.1 Å². The molecule has 2 aromatic rings. The number of aromatic nitrogens is 3. The number of amides is 1. The standard InChI is InChI=1S/C13H18N4OS2/c1-10-16-11(9-20-10)8-19-6-3-13(18)17(2)7-12-14-4-5-15-12/h4-5,9H,3,6-8H2,1-2H3,(H,14,15). The van der Waals surface area contributed by atoms with E-state index >= 15 is 0 Å². The molecule has 0 saturated heterocycles. The van der Waals surface area contributed by atoms with Crippen molar-refractivity contribution in [2.45, 2.75) is 25.6 Å². The van der Waals surface area contributed by atoms with Crippen LogP contribution in [-0.2, 0) is 17.1 Å². The highest BCUT2D eigenvalue weighted by molar-refractivity contribution is 7.98. The molecule has 5 nitrogen and oxygen atoms in total. The van der Waals surface area contributed by atoms with E-state index in [2.05, 4.69) is 20.3 Å². The van der Waals surface area contributed by atoms with Gasteiger partial charge in [-0.15, -0.1) is 11.3 Å². The Hall–Kier alpha value is -1.34. The van der Waals surface area contributed by atoms with E-state index < -0.39 is 0 Å². The van der Waals surface area contributed by atoms with E-state index in [-0.39, 0.29) is 5.91 Å². The third-order valence-electron chi connectivity index (χ3n) is 2.74. The molecule has 0 spiro atoms. The van der Waals surface area contributed by atoms with Crippen molar-refractivity contribution < 1.29 is 4.79 Å². The molecule has 0 bridgehead atoms. The van der Waals surface area contributed by atoms with Gasteiger partial charge in [0.15, 0.2) is 0 Å². The summed E-state index contributed by atoms with van der Waals surface area (Å²) in [7, 11) is 1.80. The molecule has 2 aromatic heterocycles. The third kappa shape index (κ3) is 4.64. The van der Waals surface area contributed by atoms with E-state index in [1.165, 1.54) is 0 Å². The second-order valence-electron chi connectivity index (χ2n) is 4.45. The van der Waals surface area contributed by atoms with Crippen molar-refractivity contribution in [3.63, 3.8) is 0 Å². The largest absolute Gasteiger partial charge is 0.347 e. The third-order valence-corrected chi connectivity index (χ3v) is 4.56. The first-order chi connectivity index (χ1) is 9.65.